The fourth-order valence-corrected chi connectivity index (χ4v) is 1.38. The molecule has 0 spiro atoms. The summed E-state index contributed by atoms with van der Waals surface area (Å²) in [6.07, 6.45) is 4.53. The average Bonchev–Trinajstić information content (AvgIpc) is 2.97. The first kappa shape index (κ1) is 9.71. The summed E-state index contributed by atoms with van der Waals surface area (Å²) in [5.41, 5.74) is 1.09. The lowest BCUT2D eigenvalue weighted by atomic mass is 10.3. The molecule has 0 saturated heterocycles. The molecule has 1 fully saturated rings. The minimum Gasteiger partial charge on any atom is -0.465 e. The van der Waals surface area contributed by atoms with E-state index in [1.165, 1.54) is 12.8 Å². The van der Waals surface area contributed by atoms with Crippen molar-refractivity contribution in [3.05, 3.63) is 11.6 Å². The van der Waals surface area contributed by atoms with Gasteiger partial charge < -0.3 is 9.47 Å². The van der Waals surface area contributed by atoms with Crippen LogP contribution in [0.1, 0.15) is 19.8 Å². The third-order valence-corrected chi connectivity index (χ3v) is 2.53. The van der Waals surface area contributed by atoms with Gasteiger partial charge in [0.2, 0.25) is 0 Å². The first-order valence-electron chi connectivity index (χ1n) is 5.26. The highest BCUT2D eigenvalue weighted by Crippen LogP contribution is 2.32. The van der Waals surface area contributed by atoms with Gasteiger partial charge in [0, 0.05) is 6.61 Å². The summed E-state index contributed by atoms with van der Waals surface area (Å²) in [4.78, 5) is 11.2. The van der Waals surface area contributed by atoms with Crippen molar-refractivity contribution < 1.29 is 14.3 Å². The Morgan fingerprint density at radius 2 is 2.36 bits per heavy atom. The van der Waals surface area contributed by atoms with Gasteiger partial charge in [-0.15, -0.1) is 0 Å². The Balaban J connectivity index is 1.55. The van der Waals surface area contributed by atoms with Gasteiger partial charge in [0.05, 0.1) is 19.1 Å². The number of hydrogen-bond acceptors (Lipinski definition) is 3. The van der Waals surface area contributed by atoms with Gasteiger partial charge in [0.1, 0.15) is 0 Å². The normalized spacial score (nSPS) is 24.4. The molecule has 0 aromatic rings. The van der Waals surface area contributed by atoms with Crippen LogP contribution in [0.3, 0.4) is 0 Å². The third kappa shape index (κ3) is 2.58. The SMILES string of the molecule is CCOC(=O)[C@@H]1C=C1COCC1CC1. The summed E-state index contributed by atoms with van der Waals surface area (Å²) in [5, 5.41) is 0. The van der Waals surface area contributed by atoms with Crippen molar-refractivity contribution in [2.75, 3.05) is 19.8 Å². The second-order valence-corrected chi connectivity index (χ2v) is 3.93. The van der Waals surface area contributed by atoms with Crippen molar-refractivity contribution >= 4 is 5.97 Å². The van der Waals surface area contributed by atoms with Crippen LogP contribution < -0.4 is 0 Å². The van der Waals surface area contributed by atoms with Crippen LogP contribution in [-0.4, -0.2) is 25.8 Å². The zero-order chi connectivity index (χ0) is 9.97. The van der Waals surface area contributed by atoms with Crippen LogP contribution in [0.15, 0.2) is 11.6 Å². The fourth-order valence-electron chi connectivity index (χ4n) is 1.38. The maximum absolute atomic E-state index is 11.2. The molecule has 0 unspecified atom stereocenters. The Morgan fingerprint density at radius 3 is 3.00 bits per heavy atom. The van der Waals surface area contributed by atoms with E-state index in [9.17, 15) is 4.79 Å². The van der Waals surface area contributed by atoms with Crippen molar-refractivity contribution in [1.82, 2.24) is 0 Å². The minimum atomic E-state index is -0.127. The van der Waals surface area contributed by atoms with E-state index in [1.54, 1.807) is 0 Å². The van der Waals surface area contributed by atoms with Gasteiger partial charge in [-0.3, -0.25) is 4.79 Å². The number of carbonyl (C=O) groups excluding carboxylic acids is 1. The molecular weight excluding hydrogens is 180 g/mol. The van der Waals surface area contributed by atoms with E-state index in [0.29, 0.717) is 13.2 Å². The molecule has 3 nitrogen and oxygen atoms in total. The summed E-state index contributed by atoms with van der Waals surface area (Å²) in [5.74, 6) is 0.585. The van der Waals surface area contributed by atoms with Crippen molar-refractivity contribution in [1.29, 1.82) is 0 Å². The quantitative estimate of drug-likeness (QED) is 0.477. The molecular formula is C11H16O3. The Kier molecular flexibility index (Phi) is 2.87. The first-order valence-corrected chi connectivity index (χ1v) is 5.26. The summed E-state index contributed by atoms with van der Waals surface area (Å²) >= 11 is 0. The topological polar surface area (TPSA) is 35.5 Å². The third-order valence-electron chi connectivity index (χ3n) is 2.53. The molecule has 14 heavy (non-hydrogen) atoms. The number of rotatable bonds is 6. The van der Waals surface area contributed by atoms with Gasteiger partial charge in [-0.05, 0) is 31.3 Å². The molecule has 0 bridgehead atoms. The van der Waals surface area contributed by atoms with Crippen molar-refractivity contribution in [3.8, 4) is 0 Å². The summed E-state index contributed by atoms with van der Waals surface area (Å²) < 4.78 is 10.4. The molecule has 0 aromatic heterocycles. The highest BCUT2D eigenvalue weighted by atomic mass is 16.5. The average molecular weight is 196 g/mol. The smallest absolute Gasteiger partial charge is 0.317 e. The number of hydrogen-bond donors (Lipinski definition) is 0. The molecule has 0 aliphatic heterocycles. The summed E-state index contributed by atoms with van der Waals surface area (Å²) in [6.45, 7) is 3.75. The lowest BCUT2D eigenvalue weighted by Crippen LogP contribution is -2.10. The molecule has 0 heterocycles. The zero-order valence-corrected chi connectivity index (χ0v) is 8.49. The second-order valence-electron chi connectivity index (χ2n) is 3.93. The number of esters is 1. The van der Waals surface area contributed by atoms with Crippen LogP contribution in [0.4, 0.5) is 0 Å². The lowest BCUT2D eigenvalue weighted by molar-refractivity contribution is -0.144. The number of carbonyl (C=O) groups is 1. The predicted molar refractivity (Wildman–Crippen MR) is 51.7 cm³/mol. The minimum absolute atomic E-state index is 0.0749. The van der Waals surface area contributed by atoms with E-state index in [-0.39, 0.29) is 11.9 Å². The van der Waals surface area contributed by atoms with Gasteiger partial charge in [0.15, 0.2) is 0 Å². The molecule has 2 aliphatic carbocycles. The lowest BCUT2D eigenvalue weighted by Gasteiger charge is -2.02. The van der Waals surface area contributed by atoms with Gasteiger partial charge in [0.25, 0.3) is 0 Å². The van der Waals surface area contributed by atoms with Crippen molar-refractivity contribution in [2.24, 2.45) is 11.8 Å². The Bertz CT molecular complexity index is 253. The van der Waals surface area contributed by atoms with E-state index < -0.39 is 0 Å². The Hall–Kier alpha value is -0.830. The van der Waals surface area contributed by atoms with Gasteiger partial charge in [-0.1, -0.05) is 6.08 Å². The molecule has 0 radical (unpaired) electrons. The first-order chi connectivity index (χ1) is 6.81. The fraction of sp³-hybridized carbons (Fsp3) is 0.727. The molecule has 78 valence electrons. The molecule has 0 aromatic carbocycles. The van der Waals surface area contributed by atoms with Crippen LogP contribution in [0.5, 0.6) is 0 Å². The number of ether oxygens (including phenoxy) is 2. The van der Waals surface area contributed by atoms with Crippen LogP contribution in [0, 0.1) is 11.8 Å². The molecule has 0 N–H and O–H groups in total. The van der Waals surface area contributed by atoms with Crippen molar-refractivity contribution in [2.45, 2.75) is 19.8 Å². The second kappa shape index (κ2) is 4.13. The highest BCUT2D eigenvalue weighted by molar-refractivity contribution is 5.83. The Labute approximate surface area is 84.1 Å². The molecule has 2 aliphatic rings. The van der Waals surface area contributed by atoms with Crippen LogP contribution in [0.25, 0.3) is 0 Å². The van der Waals surface area contributed by atoms with Crippen LogP contribution >= 0.6 is 0 Å². The van der Waals surface area contributed by atoms with E-state index in [2.05, 4.69) is 0 Å². The van der Waals surface area contributed by atoms with Crippen LogP contribution in [-0.2, 0) is 14.3 Å². The zero-order valence-electron chi connectivity index (χ0n) is 8.49. The molecule has 3 heteroatoms. The van der Waals surface area contributed by atoms with Gasteiger partial charge in [-0.25, -0.2) is 0 Å². The standard InChI is InChI=1S/C11H16O3/c1-2-14-11(12)10-5-9(10)7-13-6-8-3-4-8/h5,8,10H,2-4,6-7H2,1H3/t10-/m1/s1. The highest BCUT2D eigenvalue weighted by Gasteiger charge is 2.33. The molecule has 1 saturated carbocycles. The van der Waals surface area contributed by atoms with E-state index in [1.807, 2.05) is 13.0 Å². The van der Waals surface area contributed by atoms with Gasteiger partial charge in [-0.2, -0.15) is 0 Å². The van der Waals surface area contributed by atoms with Crippen LogP contribution in [0.2, 0.25) is 0 Å². The molecule has 0 amide bonds. The van der Waals surface area contributed by atoms with E-state index in [0.717, 1.165) is 18.1 Å². The van der Waals surface area contributed by atoms with E-state index >= 15 is 0 Å². The van der Waals surface area contributed by atoms with Crippen molar-refractivity contribution in [3.63, 3.8) is 0 Å². The molecule has 1 atom stereocenters. The van der Waals surface area contributed by atoms with E-state index in [4.69, 9.17) is 9.47 Å². The maximum atomic E-state index is 11.2. The maximum Gasteiger partial charge on any atom is 0.317 e. The monoisotopic (exact) mass is 196 g/mol. The summed E-state index contributed by atoms with van der Waals surface area (Å²) in [6, 6.07) is 0. The Morgan fingerprint density at radius 1 is 1.57 bits per heavy atom. The summed E-state index contributed by atoms with van der Waals surface area (Å²) in [7, 11) is 0. The van der Waals surface area contributed by atoms with Gasteiger partial charge >= 0.3 is 5.97 Å². The molecule has 2 rings (SSSR count). The predicted octanol–water partition coefficient (Wildman–Crippen LogP) is 1.53. The largest absolute Gasteiger partial charge is 0.465 e.